The van der Waals surface area contributed by atoms with E-state index in [0.29, 0.717) is 6.61 Å². The normalized spacial score (nSPS) is 5.00. The average Bonchev–Trinajstić information content (AvgIpc) is 1.37. The van der Waals surface area contributed by atoms with Crippen molar-refractivity contribution in [1.82, 2.24) is 0 Å². The molecule has 0 fully saturated rings. The Morgan fingerprint density at radius 1 is 1.50 bits per heavy atom. The summed E-state index contributed by atoms with van der Waals surface area (Å²) in [6.07, 6.45) is 0.875. The minimum atomic E-state index is 0. The first-order valence-corrected chi connectivity index (χ1v) is 1.52. The minimum Gasteiger partial charge on any atom is -1.00 e. The molecule has 0 atom stereocenters. The van der Waals surface area contributed by atoms with Crippen LogP contribution in [0.15, 0.2) is 0 Å². The van der Waals surface area contributed by atoms with E-state index in [-0.39, 0.29) is 28.9 Å². The van der Waals surface area contributed by atoms with Gasteiger partial charge in [0, 0.05) is 23.1 Å². The number of aliphatic hydroxyl groups is 1. The van der Waals surface area contributed by atoms with E-state index in [1.165, 1.54) is 0 Å². The molecule has 0 aliphatic heterocycles. The molecular weight excluding hydrogens is 146 g/mol. The first kappa shape index (κ1) is 15.9. The number of halogens is 1. The summed E-state index contributed by atoms with van der Waals surface area (Å²) in [6, 6.07) is 0. The Hall–Kier alpha value is 0.744. The van der Waals surface area contributed by atoms with Crippen LogP contribution in [0.2, 0.25) is 0 Å². The third-order valence-corrected chi connectivity index (χ3v) is 0.224. The molecule has 0 amide bonds. The molecule has 0 aromatic carbocycles. The van der Waals surface area contributed by atoms with Crippen molar-refractivity contribution in [2.24, 2.45) is 0 Å². The van der Waals surface area contributed by atoms with E-state index in [9.17, 15) is 0 Å². The molecule has 0 aromatic rings. The smallest absolute Gasteiger partial charge is 0.0428 e. The van der Waals surface area contributed by atoms with Gasteiger partial charge in [0.2, 0.25) is 0 Å². The van der Waals surface area contributed by atoms with Gasteiger partial charge < -0.3 is 17.5 Å². The first-order chi connectivity index (χ1) is 1.91. The molecule has 0 heterocycles. The predicted octanol–water partition coefficient (Wildman–Crippen LogP) is -2.61. The van der Waals surface area contributed by atoms with E-state index < -0.39 is 0 Å². The van der Waals surface area contributed by atoms with Crippen LogP contribution in [-0.2, 0) is 16.5 Å². The third-order valence-electron chi connectivity index (χ3n) is 0.224. The quantitative estimate of drug-likeness (QED) is 0.410. The van der Waals surface area contributed by atoms with Gasteiger partial charge in [-0.2, -0.15) is 0 Å². The van der Waals surface area contributed by atoms with Crippen LogP contribution in [0.1, 0.15) is 13.3 Å². The molecule has 3 heteroatoms. The number of hydrogen-bond donors (Lipinski definition) is 1. The molecule has 44 valence electrons. The van der Waals surface area contributed by atoms with Gasteiger partial charge in [-0.3, -0.25) is 0 Å². The van der Waals surface area contributed by atoms with Crippen molar-refractivity contribution in [2.75, 3.05) is 6.61 Å². The molecule has 0 spiro atoms. The molecule has 0 rings (SSSR count). The Kier molecular flexibility index (Phi) is 45.4. The summed E-state index contributed by atoms with van der Waals surface area (Å²) in [4.78, 5) is 0. The van der Waals surface area contributed by atoms with E-state index in [0.717, 1.165) is 6.42 Å². The molecule has 0 aliphatic rings. The van der Waals surface area contributed by atoms with Crippen LogP contribution in [0.5, 0.6) is 0 Å². The second kappa shape index (κ2) is 17.2. The van der Waals surface area contributed by atoms with Gasteiger partial charge in [-0.1, -0.05) is 6.92 Å². The molecule has 0 aromatic heterocycles. The van der Waals surface area contributed by atoms with Gasteiger partial charge in [0.1, 0.15) is 0 Å². The zero-order valence-electron chi connectivity index (χ0n) is 3.56. The number of hydrogen-bond acceptors (Lipinski definition) is 1. The molecule has 6 heavy (non-hydrogen) atoms. The first-order valence-electron chi connectivity index (χ1n) is 1.52. The van der Waals surface area contributed by atoms with Crippen LogP contribution in [0.3, 0.4) is 0 Å². The van der Waals surface area contributed by atoms with Crippen molar-refractivity contribution in [1.29, 1.82) is 0 Å². The Morgan fingerprint density at radius 2 is 1.67 bits per heavy atom. The fourth-order valence-corrected chi connectivity index (χ4v) is 0. The second-order valence-corrected chi connectivity index (χ2v) is 0.724. The Bertz CT molecular complexity index is 12.8. The maximum atomic E-state index is 7.88. The largest absolute Gasteiger partial charge is 1.00 e. The molecule has 0 bridgehead atoms. The minimum absolute atomic E-state index is 0. The molecule has 0 aliphatic carbocycles. The van der Waals surface area contributed by atoms with Crippen LogP contribution >= 0.6 is 0 Å². The SMILES string of the molecule is CCCO.[Cl-].[Ni]. The molecule has 0 saturated carbocycles. The monoisotopic (exact) mass is 153 g/mol. The summed E-state index contributed by atoms with van der Waals surface area (Å²) < 4.78 is 0. The molecule has 0 radical (unpaired) electrons. The van der Waals surface area contributed by atoms with Gasteiger partial charge in [0.05, 0.1) is 0 Å². The van der Waals surface area contributed by atoms with Crippen LogP contribution in [0.4, 0.5) is 0 Å². The van der Waals surface area contributed by atoms with Crippen LogP contribution in [-0.4, -0.2) is 11.7 Å². The van der Waals surface area contributed by atoms with Gasteiger partial charge >= 0.3 is 0 Å². The van der Waals surface area contributed by atoms with Crippen molar-refractivity contribution in [3.05, 3.63) is 0 Å². The standard InChI is InChI=1S/C3H8O.ClH.Ni/c1-2-3-4;;/h4H,2-3H2,1H3;1H;/p-1. The summed E-state index contributed by atoms with van der Waals surface area (Å²) in [5.74, 6) is 0. The topological polar surface area (TPSA) is 20.2 Å². The van der Waals surface area contributed by atoms with Crippen molar-refractivity contribution < 1.29 is 34.0 Å². The van der Waals surface area contributed by atoms with Crippen molar-refractivity contribution in [2.45, 2.75) is 13.3 Å². The maximum Gasteiger partial charge on any atom is 0.0428 e. The molecular formula is C3H8ClNiO-. The van der Waals surface area contributed by atoms with Crippen LogP contribution in [0, 0.1) is 0 Å². The molecule has 1 N–H and O–H groups in total. The van der Waals surface area contributed by atoms with Crippen molar-refractivity contribution in [3.8, 4) is 0 Å². The van der Waals surface area contributed by atoms with Gasteiger partial charge in [0.15, 0.2) is 0 Å². The van der Waals surface area contributed by atoms with Gasteiger partial charge in [-0.15, -0.1) is 0 Å². The fourth-order valence-electron chi connectivity index (χ4n) is 0. The summed E-state index contributed by atoms with van der Waals surface area (Å²) in [6.45, 7) is 2.25. The zero-order chi connectivity index (χ0) is 3.41. The predicted molar refractivity (Wildman–Crippen MR) is 17.4 cm³/mol. The van der Waals surface area contributed by atoms with Crippen LogP contribution < -0.4 is 12.4 Å². The Labute approximate surface area is 54.5 Å². The third kappa shape index (κ3) is 21.9. The van der Waals surface area contributed by atoms with Gasteiger partial charge in [-0.05, 0) is 6.42 Å². The summed E-state index contributed by atoms with van der Waals surface area (Å²) >= 11 is 0. The van der Waals surface area contributed by atoms with E-state index in [2.05, 4.69) is 0 Å². The molecule has 1 nitrogen and oxygen atoms in total. The van der Waals surface area contributed by atoms with E-state index >= 15 is 0 Å². The molecule has 0 saturated heterocycles. The summed E-state index contributed by atoms with van der Waals surface area (Å²) in [5, 5.41) is 7.88. The summed E-state index contributed by atoms with van der Waals surface area (Å²) in [5.41, 5.74) is 0. The zero-order valence-corrected chi connectivity index (χ0v) is 5.30. The van der Waals surface area contributed by atoms with Gasteiger partial charge in [-0.25, -0.2) is 0 Å². The van der Waals surface area contributed by atoms with Crippen molar-refractivity contribution >= 4 is 0 Å². The van der Waals surface area contributed by atoms with Crippen molar-refractivity contribution in [3.63, 3.8) is 0 Å². The Morgan fingerprint density at radius 3 is 1.67 bits per heavy atom. The fraction of sp³-hybridized carbons (Fsp3) is 1.00. The Balaban J connectivity index is -0.0000000450. The van der Waals surface area contributed by atoms with Gasteiger partial charge in [0.25, 0.3) is 0 Å². The van der Waals surface area contributed by atoms with E-state index in [1.807, 2.05) is 6.92 Å². The molecule has 0 unspecified atom stereocenters. The average molecular weight is 154 g/mol. The number of rotatable bonds is 1. The number of aliphatic hydroxyl groups excluding tert-OH is 1. The summed E-state index contributed by atoms with van der Waals surface area (Å²) in [7, 11) is 0. The van der Waals surface area contributed by atoms with E-state index in [4.69, 9.17) is 5.11 Å². The second-order valence-electron chi connectivity index (χ2n) is 0.724. The van der Waals surface area contributed by atoms with E-state index in [1.54, 1.807) is 0 Å². The van der Waals surface area contributed by atoms with Crippen LogP contribution in [0.25, 0.3) is 0 Å². The maximum absolute atomic E-state index is 7.88.